The molecule has 0 bridgehead atoms. The van der Waals surface area contributed by atoms with Crippen LogP contribution in [0.25, 0.3) is 10.9 Å². The first-order valence-electron chi connectivity index (χ1n) is 9.01. The zero-order chi connectivity index (χ0) is 18.4. The van der Waals surface area contributed by atoms with E-state index < -0.39 is 0 Å². The molecule has 0 saturated heterocycles. The van der Waals surface area contributed by atoms with Gasteiger partial charge in [-0.15, -0.1) is 0 Å². The molecule has 0 amide bonds. The molecular formula is C22H26N4. The predicted molar refractivity (Wildman–Crippen MR) is 110 cm³/mol. The molecule has 1 unspecified atom stereocenters. The molecule has 4 nitrogen and oxygen atoms in total. The first-order valence-corrected chi connectivity index (χ1v) is 9.01. The highest BCUT2D eigenvalue weighted by Crippen LogP contribution is 2.16. The summed E-state index contributed by atoms with van der Waals surface area (Å²) in [4.78, 5) is 8.84. The summed E-state index contributed by atoms with van der Waals surface area (Å²) in [5.41, 5.74) is 4.82. The van der Waals surface area contributed by atoms with E-state index in [4.69, 9.17) is 0 Å². The van der Waals surface area contributed by atoms with Crippen LogP contribution in [0.4, 0.5) is 0 Å². The second kappa shape index (κ2) is 8.48. The summed E-state index contributed by atoms with van der Waals surface area (Å²) in [7, 11) is 1.80. The van der Waals surface area contributed by atoms with Crippen LogP contribution in [0.15, 0.2) is 65.8 Å². The van der Waals surface area contributed by atoms with Crippen LogP contribution in [0, 0.1) is 6.92 Å². The van der Waals surface area contributed by atoms with Crippen LogP contribution < -0.4 is 10.6 Å². The van der Waals surface area contributed by atoms with Gasteiger partial charge in [0.1, 0.15) is 0 Å². The zero-order valence-corrected chi connectivity index (χ0v) is 15.7. The molecule has 0 aliphatic heterocycles. The quantitative estimate of drug-likeness (QED) is 0.542. The molecule has 2 N–H and O–H groups in total. The monoisotopic (exact) mass is 346 g/mol. The maximum absolute atomic E-state index is 4.51. The van der Waals surface area contributed by atoms with E-state index >= 15 is 0 Å². The number of nitrogens with one attached hydrogen (secondary N) is 2. The average Bonchev–Trinajstić information content (AvgIpc) is 2.68. The van der Waals surface area contributed by atoms with Crippen molar-refractivity contribution in [2.45, 2.75) is 26.3 Å². The standard InChI is InChI=1S/C22H26N4/c1-16-9-11-18(12-10-16)17(2)14-25-22(23-3)26-15-20-7-4-6-19-8-5-13-24-21(19)20/h4-13,17H,14-15H2,1-3H3,(H2,23,25,26). The van der Waals surface area contributed by atoms with Crippen LogP contribution in [0.5, 0.6) is 0 Å². The molecule has 0 aliphatic rings. The van der Waals surface area contributed by atoms with Gasteiger partial charge in [-0.05, 0) is 30.0 Å². The molecule has 1 aromatic heterocycles. The van der Waals surface area contributed by atoms with Gasteiger partial charge in [0.15, 0.2) is 5.96 Å². The predicted octanol–water partition coefficient (Wildman–Crippen LogP) is 4.01. The Morgan fingerprint density at radius 2 is 1.81 bits per heavy atom. The lowest BCUT2D eigenvalue weighted by molar-refractivity contribution is 0.699. The van der Waals surface area contributed by atoms with Gasteiger partial charge >= 0.3 is 0 Å². The van der Waals surface area contributed by atoms with Crippen LogP contribution in [-0.4, -0.2) is 24.5 Å². The number of guanidine groups is 1. The van der Waals surface area contributed by atoms with Crippen molar-refractivity contribution >= 4 is 16.9 Å². The molecule has 3 aromatic rings. The molecule has 0 radical (unpaired) electrons. The highest BCUT2D eigenvalue weighted by Gasteiger charge is 2.07. The highest BCUT2D eigenvalue weighted by molar-refractivity contribution is 5.83. The van der Waals surface area contributed by atoms with Crippen molar-refractivity contribution in [1.82, 2.24) is 15.6 Å². The smallest absolute Gasteiger partial charge is 0.191 e. The number of pyridine rings is 1. The second-order valence-corrected chi connectivity index (χ2v) is 6.61. The number of aryl methyl sites for hydroxylation is 1. The molecule has 0 saturated carbocycles. The number of benzene rings is 2. The summed E-state index contributed by atoms with van der Waals surface area (Å²) in [5, 5.41) is 7.97. The fraction of sp³-hybridized carbons (Fsp3) is 0.273. The van der Waals surface area contributed by atoms with Crippen molar-refractivity contribution in [3.8, 4) is 0 Å². The Labute approximate surface area is 155 Å². The maximum atomic E-state index is 4.51. The fourth-order valence-electron chi connectivity index (χ4n) is 2.97. The zero-order valence-electron chi connectivity index (χ0n) is 15.7. The second-order valence-electron chi connectivity index (χ2n) is 6.61. The molecule has 1 heterocycles. The van der Waals surface area contributed by atoms with E-state index in [0.29, 0.717) is 12.5 Å². The first-order chi connectivity index (χ1) is 12.7. The third kappa shape index (κ3) is 4.39. The Bertz CT molecular complexity index is 879. The molecule has 4 heteroatoms. The lowest BCUT2D eigenvalue weighted by Gasteiger charge is -2.17. The third-order valence-corrected chi connectivity index (χ3v) is 4.61. The molecule has 0 fully saturated rings. The number of rotatable bonds is 5. The number of fused-ring (bicyclic) bond motifs is 1. The maximum Gasteiger partial charge on any atom is 0.191 e. The highest BCUT2D eigenvalue weighted by atomic mass is 15.2. The van der Waals surface area contributed by atoms with Gasteiger partial charge in [-0.3, -0.25) is 9.98 Å². The molecule has 134 valence electrons. The van der Waals surface area contributed by atoms with Crippen molar-refractivity contribution < 1.29 is 0 Å². The fourth-order valence-corrected chi connectivity index (χ4v) is 2.97. The molecular weight excluding hydrogens is 320 g/mol. The number of nitrogens with zero attached hydrogens (tertiary/aromatic N) is 2. The lowest BCUT2D eigenvalue weighted by Crippen LogP contribution is -2.38. The van der Waals surface area contributed by atoms with Gasteiger partial charge in [-0.25, -0.2) is 0 Å². The van der Waals surface area contributed by atoms with Gasteiger partial charge in [-0.1, -0.05) is 61.0 Å². The Kier molecular flexibility index (Phi) is 5.84. The van der Waals surface area contributed by atoms with Crippen molar-refractivity contribution in [2.75, 3.05) is 13.6 Å². The Morgan fingerprint density at radius 1 is 1.04 bits per heavy atom. The summed E-state index contributed by atoms with van der Waals surface area (Å²) in [6.07, 6.45) is 1.84. The van der Waals surface area contributed by atoms with E-state index in [1.54, 1.807) is 7.05 Å². The molecule has 1 atom stereocenters. The molecule has 3 rings (SSSR count). The average molecular weight is 346 g/mol. The van der Waals surface area contributed by atoms with E-state index in [1.807, 2.05) is 12.3 Å². The Hall–Kier alpha value is -2.88. The van der Waals surface area contributed by atoms with E-state index in [1.165, 1.54) is 11.1 Å². The van der Waals surface area contributed by atoms with Crippen molar-refractivity contribution in [3.63, 3.8) is 0 Å². The molecule has 2 aromatic carbocycles. The molecule has 26 heavy (non-hydrogen) atoms. The number of hydrogen-bond donors (Lipinski definition) is 2. The SMILES string of the molecule is CN=C(NCc1cccc2cccnc12)NCC(C)c1ccc(C)cc1. The Balaban J connectivity index is 1.59. The van der Waals surface area contributed by atoms with Gasteiger partial charge in [-0.2, -0.15) is 0 Å². The van der Waals surface area contributed by atoms with Crippen molar-refractivity contribution in [1.29, 1.82) is 0 Å². The first kappa shape index (κ1) is 17.9. The van der Waals surface area contributed by atoms with Crippen molar-refractivity contribution in [3.05, 3.63) is 77.5 Å². The number of para-hydroxylation sites is 1. The minimum Gasteiger partial charge on any atom is -0.356 e. The summed E-state index contributed by atoms with van der Waals surface area (Å²) in [6.45, 7) is 5.85. The van der Waals surface area contributed by atoms with Gasteiger partial charge < -0.3 is 10.6 Å². The Morgan fingerprint density at radius 3 is 2.58 bits per heavy atom. The number of hydrogen-bond acceptors (Lipinski definition) is 2. The molecule has 0 spiro atoms. The van der Waals surface area contributed by atoms with E-state index in [9.17, 15) is 0 Å². The summed E-state index contributed by atoms with van der Waals surface area (Å²) in [6, 6.07) is 19.0. The van der Waals surface area contributed by atoms with Crippen LogP contribution in [0.3, 0.4) is 0 Å². The largest absolute Gasteiger partial charge is 0.356 e. The normalized spacial score (nSPS) is 12.8. The van der Waals surface area contributed by atoms with Crippen LogP contribution in [0.1, 0.15) is 29.5 Å². The number of aromatic nitrogens is 1. The van der Waals surface area contributed by atoms with Crippen LogP contribution in [0.2, 0.25) is 0 Å². The summed E-state index contributed by atoms with van der Waals surface area (Å²) >= 11 is 0. The summed E-state index contributed by atoms with van der Waals surface area (Å²) < 4.78 is 0. The number of aliphatic imine (C=N–C) groups is 1. The third-order valence-electron chi connectivity index (χ3n) is 4.61. The van der Waals surface area contributed by atoms with Gasteiger partial charge in [0, 0.05) is 31.7 Å². The minimum atomic E-state index is 0.411. The topological polar surface area (TPSA) is 49.3 Å². The van der Waals surface area contributed by atoms with Gasteiger partial charge in [0.2, 0.25) is 0 Å². The summed E-state index contributed by atoms with van der Waals surface area (Å²) in [5.74, 6) is 1.21. The van der Waals surface area contributed by atoms with E-state index in [-0.39, 0.29) is 0 Å². The van der Waals surface area contributed by atoms with Crippen molar-refractivity contribution in [2.24, 2.45) is 4.99 Å². The van der Waals surface area contributed by atoms with Gasteiger partial charge in [0.25, 0.3) is 0 Å². The van der Waals surface area contributed by atoms with Gasteiger partial charge in [0.05, 0.1) is 5.52 Å². The molecule has 0 aliphatic carbocycles. The van der Waals surface area contributed by atoms with E-state index in [2.05, 4.69) is 83.0 Å². The minimum absolute atomic E-state index is 0.411. The van der Waals surface area contributed by atoms with E-state index in [0.717, 1.165) is 29.0 Å². The van der Waals surface area contributed by atoms with Crippen LogP contribution in [-0.2, 0) is 6.54 Å². The lowest BCUT2D eigenvalue weighted by atomic mass is 10.0. The van der Waals surface area contributed by atoms with Crippen LogP contribution >= 0.6 is 0 Å².